The number of para-hydroxylation sites is 1. The molecule has 404 valence electrons. The first-order valence-corrected chi connectivity index (χ1v) is 26.4. The van der Waals surface area contributed by atoms with Crippen LogP contribution in [0.15, 0.2) is 83.3 Å². The molecule has 1 aliphatic heterocycles. The number of benzene rings is 2. The summed E-state index contributed by atoms with van der Waals surface area (Å²) in [5, 5.41) is 29.7. The second kappa shape index (κ2) is 29.1. The number of nitrogens with one attached hydrogen (secondary N) is 9. The van der Waals surface area contributed by atoms with Crippen LogP contribution in [0.4, 0.5) is 0 Å². The van der Waals surface area contributed by atoms with Crippen molar-refractivity contribution in [2.75, 3.05) is 24.6 Å². The third kappa shape index (κ3) is 18.9. The van der Waals surface area contributed by atoms with Gasteiger partial charge in [0.2, 0.25) is 41.4 Å². The van der Waals surface area contributed by atoms with Crippen LogP contribution < -0.4 is 65.9 Å². The predicted molar refractivity (Wildman–Crippen MR) is 284 cm³/mol. The Labute approximate surface area is 439 Å². The number of aliphatic imine (C=N–C) groups is 2. The molecule has 26 nitrogen and oxygen atoms in total. The summed E-state index contributed by atoms with van der Waals surface area (Å²) in [4.78, 5) is 130. The number of rotatable bonds is 17. The smallest absolute Gasteiger partial charge is 0.327 e. The van der Waals surface area contributed by atoms with E-state index >= 15 is 0 Å². The minimum atomic E-state index is -1.55. The van der Waals surface area contributed by atoms with E-state index in [1.807, 2.05) is 18.2 Å². The van der Waals surface area contributed by atoms with Crippen LogP contribution in [0, 0.1) is 0 Å². The van der Waals surface area contributed by atoms with Crippen LogP contribution in [0.3, 0.4) is 0 Å². The second-order valence-electron chi connectivity index (χ2n) is 17.5. The molecule has 4 aromatic rings. The fourth-order valence-corrected chi connectivity index (χ4v) is 9.99. The zero-order chi connectivity index (χ0) is 54.4. The molecule has 0 spiro atoms. The normalized spacial score (nSPS) is 22.2. The zero-order valence-electron chi connectivity index (χ0n) is 41.1. The minimum Gasteiger partial charge on any atom is -0.480 e. The molecule has 1 fully saturated rings. The number of carbonyl (C=O) groups is 8. The third-order valence-corrected chi connectivity index (χ3v) is 14.1. The SMILES string of the molecule is C[C@H]1NC(=O)[C@@H](NC(=O)[C@@H](N)CCCN=C(N)N)CSSC[C@@H](C(=O)O)NC(=O)[C@H](Cc2c[nH]c3ccccc23)NC(=O)[C@H](CCCN=C(N)N)NC(=O)[C@@H](Cc2ccccc2)NC(=O)[C@H](Cc2cnc[nH]2)NC1=O. The lowest BCUT2D eigenvalue weighted by Gasteiger charge is -2.27. The average Bonchev–Trinajstić information content (AvgIpc) is 4.05. The van der Waals surface area contributed by atoms with Crippen molar-refractivity contribution >= 4 is 91.7 Å². The number of carbonyl (C=O) groups excluding carboxylic acids is 7. The van der Waals surface area contributed by atoms with Crippen LogP contribution >= 0.6 is 21.6 Å². The molecule has 0 saturated carbocycles. The molecule has 1 saturated heterocycles. The van der Waals surface area contributed by atoms with E-state index in [1.54, 1.807) is 42.6 Å². The number of aromatic nitrogens is 3. The van der Waals surface area contributed by atoms with E-state index in [0.717, 1.165) is 32.5 Å². The van der Waals surface area contributed by atoms with E-state index < -0.39 is 95.7 Å². The zero-order valence-corrected chi connectivity index (χ0v) is 42.7. The summed E-state index contributed by atoms with van der Waals surface area (Å²) >= 11 is 0. The lowest BCUT2D eigenvalue weighted by molar-refractivity contribution is -0.141. The van der Waals surface area contributed by atoms with Gasteiger partial charge in [-0.1, -0.05) is 70.1 Å². The van der Waals surface area contributed by atoms with Crippen molar-refractivity contribution in [2.24, 2.45) is 38.7 Å². The molecule has 0 radical (unpaired) electrons. The van der Waals surface area contributed by atoms with E-state index in [0.29, 0.717) is 23.2 Å². The summed E-state index contributed by atoms with van der Waals surface area (Å²) in [5.74, 6) is -7.95. The summed E-state index contributed by atoms with van der Waals surface area (Å²) < 4.78 is 0. The summed E-state index contributed by atoms with van der Waals surface area (Å²) in [7, 11) is 1.94. The Hall–Kier alpha value is -7.85. The molecule has 5 rings (SSSR count). The number of nitrogens with zero attached hydrogens (tertiary/aromatic N) is 3. The van der Waals surface area contributed by atoms with E-state index in [4.69, 9.17) is 28.7 Å². The molecular weight excluding hydrogens is 1010 g/mol. The lowest BCUT2D eigenvalue weighted by atomic mass is 10.0. The van der Waals surface area contributed by atoms with Gasteiger partial charge >= 0.3 is 5.97 Å². The van der Waals surface area contributed by atoms with Gasteiger partial charge in [-0.25, -0.2) is 9.78 Å². The number of fused-ring (bicyclic) bond motifs is 1. The van der Waals surface area contributed by atoms with Gasteiger partial charge < -0.3 is 81.0 Å². The first-order valence-electron chi connectivity index (χ1n) is 23.9. The second-order valence-corrected chi connectivity index (χ2v) is 20.1. The average molecular weight is 1080 g/mol. The van der Waals surface area contributed by atoms with Gasteiger partial charge in [0.1, 0.15) is 42.3 Å². The van der Waals surface area contributed by atoms with Gasteiger partial charge in [0.15, 0.2) is 11.9 Å². The Kier molecular flexibility index (Phi) is 22.6. The Bertz CT molecular complexity index is 2650. The van der Waals surface area contributed by atoms with Crippen molar-refractivity contribution in [1.29, 1.82) is 0 Å². The van der Waals surface area contributed by atoms with Crippen LogP contribution in [-0.2, 0) is 57.6 Å². The molecule has 20 N–H and O–H groups in total. The molecule has 0 aliphatic carbocycles. The first kappa shape index (κ1) is 58.0. The maximum Gasteiger partial charge on any atom is 0.327 e. The topological polar surface area (TPSA) is 440 Å². The Balaban J connectivity index is 1.53. The lowest BCUT2D eigenvalue weighted by Crippen LogP contribution is -2.60. The van der Waals surface area contributed by atoms with Crippen LogP contribution in [-0.4, -0.2) is 152 Å². The number of hydrogen-bond donors (Lipinski definition) is 15. The van der Waals surface area contributed by atoms with Crippen LogP contribution in [0.1, 0.15) is 49.4 Å². The standard InChI is InChI=1S/C47H65N17O9S2/c1-25-38(65)60-35(19-28-21-53-24-57-28)43(70)61-33(17-26-9-3-2-4-10-26)41(68)59-32(14-8-16-55-47(51)52)40(67)62-34(18-27-20-56-31-13-6-5-11-29(27)31)42(69)64-37(45(72)73)23-75-74-22-36(44(71)58-25)63-39(66)30(48)12-7-15-54-46(49)50/h2-6,9-11,13,20-21,24-25,30,32-37,56H,7-8,12,14-19,22-23,48H2,1H3,(H,53,57)(H,58,71)(H,59,68)(H,60,65)(H,61,70)(H,62,67)(H,63,66)(H,64,69)(H,72,73)(H4,49,50,54)(H4,51,52,55)/t25-,30+,32+,33-,34+,35+,36+,37+/m1/s1. The van der Waals surface area contributed by atoms with Gasteiger partial charge in [-0.15, -0.1) is 0 Å². The summed E-state index contributed by atoms with van der Waals surface area (Å²) in [6, 6.07) is 5.02. The van der Waals surface area contributed by atoms with E-state index in [9.17, 15) is 43.5 Å². The number of carboxylic acids is 1. The number of imidazole rings is 1. The van der Waals surface area contributed by atoms with Crippen molar-refractivity contribution in [3.63, 3.8) is 0 Å². The molecule has 2 aromatic heterocycles. The first-order chi connectivity index (χ1) is 35.9. The molecule has 28 heteroatoms. The maximum absolute atomic E-state index is 14.6. The highest BCUT2D eigenvalue weighted by atomic mass is 33.1. The molecule has 0 unspecified atom stereocenters. The molecule has 3 heterocycles. The van der Waals surface area contributed by atoms with Gasteiger partial charge in [-0.2, -0.15) is 0 Å². The highest BCUT2D eigenvalue weighted by Gasteiger charge is 2.35. The number of amides is 7. The number of H-pyrrole nitrogens is 2. The maximum atomic E-state index is 14.6. The van der Waals surface area contributed by atoms with Crippen molar-refractivity contribution < 1.29 is 43.5 Å². The van der Waals surface area contributed by atoms with Crippen molar-refractivity contribution in [3.8, 4) is 0 Å². The van der Waals surface area contributed by atoms with Crippen molar-refractivity contribution in [1.82, 2.24) is 52.2 Å². The number of aromatic amines is 2. The fourth-order valence-electron chi connectivity index (χ4n) is 7.67. The van der Waals surface area contributed by atoms with E-state index in [-0.39, 0.29) is 75.0 Å². The highest BCUT2D eigenvalue weighted by molar-refractivity contribution is 8.76. The molecule has 8 atom stereocenters. The molecule has 2 aromatic carbocycles. The summed E-state index contributed by atoms with van der Waals surface area (Å²) in [6.45, 7) is 1.59. The quantitative estimate of drug-likeness (QED) is 0.0221. The number of carboxylic acid groups (broad SMARTS) is 1. The van der Waals surface area contributed by atoms with Crippen LogP contribution in [0.25, 0.3) is 10.9 Å². The third-order valence-electron chi connectivity index (χ3n) is 11.7. The van der Waals surface area contributed by atoms with E-state index in [1.165, 1.54) is 19.4 Å². The van der Waals surface area contributed by atoms with E-state index in [2.05, 4.69) is 62.2 Å². The number of guanidine groups is 2. The Morgan fingerprint density at radius 3 is 1.96 bits per heavy atom. The monoisotopic (exact) mass is 1080 g/mol. The molecule has 75 heavy (non-hydrogen) atoms. The van der Waals surface area contributed by atoms with Crippen LogP contribution in [0.2, 0.25) is 0 Å². The Morgan fingerprint density at radius 1 is 0.707 bits per heavy atom. The van der Waals surface area contributed by atoms with Gasteiger partial charge in [0, 0.05) is 72.8 Å². The predicted octanol–water partition coefficient (Wildman–Crippen LogP) is -2.75. The summed E-state index contributed by atoms with van der Waals surface area (Å²) in [6.07, 6.45) is 4.64. The van der Waals surface area contributed by atoms with Gasteiger partial charge in [0.05, 0.1) is 12.4 Å². The van der Waals surface area contributed by atoms with Gasteiger partial charge in [-0.3, -0.25) is 43.5 Å². The Morgan fingerprint density at radius 2 is 1.29 bits per heavy atom. The highest BCUT2D eigenvalue weighted by Crippen LogP contribution is 2.24. The van der Waals surface area contributed by atoms with Crippen molar-refractivity contribution in [2.45, 2.75) is 100 Å². The van der Waals surface area contributed by atoms with Gasteiger partial charge in [-0.05, 0) is 49.8 Å². The molecule has 0 bridgehead atoms. The van der Waals surface area contributed by atoms with Crippen LogP contribution in [0.5, 0.6) is 0 Å². The minimum absolute atomic E-state index is 0.0533. The fraction of sp³-hybridized carbons (Fsp3) is 0.426. The number of aliphatic carboxylic acids is 1. The number of hydrogen-bond acceptors (Lipinski definition) is 14. The van der Waals surface area contributed by atoms with Gasteiger partial charge in [0.25, 0.3) is 0 Å². The van der Waals surface area contributed by atoms with Crippen molar-refractivity contribution in [3.05, 3.63) is 90.1 Å². The number of nitrogens with two attached hydrogens (primary N) is 5. The largest absolute Gasteiger partial charge is 0.480 e. The molecule has 7 amide bonds. The molecular formula is C47H65N17O9S2. The molecule has 1 aliphatic rings. The summed E-state index contributed by atoms with van der Waals surface area (Å²) in [5.41, 5.74) is 30.5.